The van der Waals surface area contributed by atoms with Gasteiger partial charge in [-0.05, 0) is 23.1 Å². The monoisotopic (exact) mass is 516 g/mol. The van der Waals surface area contributed by atoms with Gasteiger partial charge in [0.25, 0.3) is 0 Å². The Hall–Kier alpha value is 1.30. The van der Waals surface area contributed by atoms with Gasteiger partial charge in [-0.15, -0.1) is 0 Å². The van der Waals surface area contributed by atoms with Gasteiger partial charge in [0.15, 0.2) is 0 Å². The highest BCUT2D eigenvalue weighted by Gasteiger charge is 2.59. The summed E-state index contributed by atoms with van der Waals surface area (Å²) in [6.07, 6.45) is 0. The molecule has 0 radical (unpaired) electrons. The van der Waals surface area contributed by atoms with Crippen LogP contribution in [0.2, 0.25) is 113 Å². The molecular weight excluding hydrogens is 461 g/mol. The predicted molar refractivity (Wildman–Crippen MR) is 159 cm³/mol. The second kappa shape index (κ2) is 8.92. The first kappa shape index (κ1) is 30.3. The molecule has 0 nitrogen and oxygen atoms in total. The number of hydrogen-bond donors (Lipinski definition) is 0. The molecule has 172 valence electrons. The third-order valence-corrected chi connectivity index (χ3v) is 59.7. The maximum atomic E-state index is 4.41. The van der Waals surface area contributed by atoms with E-state index in [1.165, 1.54) is 0 Å². The zero-order chi connectivity index (χ0) is 24.1. The SMILES string of the molecule is CC(C)(C)[Si](C)(C)C#[Si][Si](C)(C([Si](C)(C)C)[Si](C)(C)C)C([Si](C)(C)C)[Si](C)(C)C. The standard InChI is InChI=1S/C22H56Si7/c1-22(2,3)28(16,17)19-23-29(18,20(24(4,5)6)25(7,8)9)21(26(10,11)12)27(13,14)15/h20-21H,1-18H3. The Balaban J connectivity index is 7.29. The van der Waals surface area contributed by atoms with Crippen LogP contribution in [0.25, 0.3) is 0 Å². The van der Waals surface area contributed by atoms with Crippen molar-refractivity contribution >= 4 is 56.4 Å². The molecule has 0 spiro atoms. The second-order valence-electron chi connectivity index (χ2n) is 15.7. The van der Waals surface area contributed by atoms with Crippen LogP contribution in [0.4, 0.5) is 0 Å². The van der Waals surface area contributed by atoms with Crippen LogP contribution < -0.4 is 0 Å². The van der Waals surface area contributed by atoms with Gasteiger partial charge in [0, 0.05) is 32.3 Å². The van der Waals surface area contributed by atoms with Gasteiger partial charge in [-0.3, -0.25) is 0 Å². The molecule has 0 atom stereocenters. The highest BCUT2D eigenvalue weighted by molar-refractivity contribution is 7.39. The third-order valence-electron chi connectivity index (χ3n) is 7.18. The minimum Gasteiger partial charge on any atom is -0.170 e. The van der Waals surface area contributed by atoms with Crippen molar-refractivity contribution < 1.29 is 0 Å². The van der Waals surface area contributed by atoms with E-state index in [2.05, 4.69) is 124 Å². The molecule has 0 amide bonds. The van der Waals surface area contributed by atoms with Crippen molar-refractivity contribution in [2.75, 3.05) is 0 Å². The lowest BCUT2D eigenvalue weighted by Gasteiger charge is -2.56. The van der Waals surface area contributed by atoms with E-state index >= 15 is 0 Å². The van der Waals surface area contributed by atoms with E-state index in [0.717, 1.165) is 18.1 Å². The van der Waals surface area contributed by atoms with E-state index < -0.39 is 48.0 Å². The van der Waals surface area contributed by atoms with Crippen molar-refractivity contribution in [1.29, 1.82) is 0 Å². The molecule has 0 aliphatic rings. The molecule has 0 aromatic rings. The van der Waals surface area contributed by atoms with Crippen LogP contribution in [0.3, 0.4) is 0 Å². The van der Waals surface area contributed by atoms with Gasteiger partial charge in [-0.1, -0.05) is 119 Å². The molecular formula is C22H56Si7. The van der Waals surface area contributed by atoms with Gasteiger partial charge >= 0.3 is 0 Å². The Morgan fingerprint density at radius 1 is 0.517 bits per heavy atom. The Bertz CT molecular complexity index is 560. The first-order valence-electron chi connectivity index (χ1n) is 11.7. The summed E-state index contributed by atoms with van der Waals surface area (Å²) in [4.78, 5) is 2.17. The Morgan fingerprint density at radius 2 is 0.759 bits per heavy atom. The van der Waals surface area contributed by atoms with Gasteiger partial charge in [0.1, 0.15) is 8.07 Å². The lowest BCUT2D eigenvalue weighted by Crippen LogP contribution is -2.69. The highest BCUT2D eigenvalue weighted by Crippen LogP contribution is 2.50. The molecule has 0 unspecified atom stereocenters. The molecule has 0 saturated carbocycles. The van der Waals surface area contributed by atoms with Gasteiger partial charge in [-0.25, -0.2) is 0 Å². The van der Waals surface area contributed by atoms with Crippen LogP contribution in [0.5, 0.6) is 0 Å². The van der Waals surface area contributed by atoms with Crippen molar-refractivity contribution in [2.24, 2.45) is 0 Å². The van der Waals surface area contributed by atoms with Gasteiger partial charge in [0.05, 0.1) is 7.59 Å². The smallest absolute Gasteiger partial charge is 0.127 e. The number of rotatable bonds is 6. The van der Waals surface area contributed by atoms with Crippen LogP contribution in [-0.2, 0) is 0 Å². The van der Waals surface area contributed by atoms with Crippen LogP contribution in [-0.4, -0.2) is 56.4 Å². The molecule has 29 heavy (non-hydrogen) atoms. The first-order chi connectivity index (χ1) is 12.2. The predicted octanol–water partition coefficient (Wildman–Crippen LogP) is 8.52. The second-order valence-corrected chi connectivity index (χ2v) is 54.1. The van der Waals surface area contributed by atoms with E-state index in [-0.39, 0.29) is 0 Å². The topological polar surface area (TPSA) is 0 Å². The number of hydrogen-bond acceptors (Lipinski definition) is 0. The summed E-state index contributed by atoms with van der Waals surface area (Å²) < 4.78 is 0. The van der Waals surface area contributed by atoms with E-state index in [1.807, 2.05) is 0 Å². The summed E-state index contributed by atoms with van der Waals surface area (Å²) >= 11 is 0. The molecule has 0 aromatic heterocycles. The van der Waals surface area contributed by atoms with Crippen molar-refractivity contribution in [3.05, 3.63) is 0 Å². The minimum absolute atomic E-state index is 0.414. The largest absolute Gasteiger partial charge is 0.170 e. The molecule has 7 heteroatoms. The molecule has 0 heterocycles. The fourth-order valence-electron chi connectivity index (χ4n) is 6.99. The van der Waals surface area contributed by atoms with Crippen LogP contribution in [0, 0.1) is 5.12 Å². The molecule has 0 rings (SSSR count). The highest BCUT2D eigenvalue weighted by atomic mass is 29.2. The van der Waals surface area contributed by atoms with Gasteiger partial charge in [0.2, 0.25) is 0 Å². The Kier molecular flexibility index (Phi) is 9.31. The molecule has 0 saturated heterocycles. The minimum atomic E-state index is -1.54. The summed E-state index contributed by atoms with van der Waals surface area (Å²) in [5, 5.41) is 4.82. The molecule has 0 bridgehead atoms. The fourth-order valence-corrected chi connectivity index (χ4v) is 89.3. The van der Waals surface area contributed by atoms with Gasteiger partial charge in [-0.2, -0.15) is 5.12 Å². The van der Waals surface area contributed by atoms with Crippen molar-refractivity contribution in [1.82, 2.24) is 0 Å². The van der Waals surface area contributed by atoms with Crippen LogP contribution >= 0.6 is 0 Å². The average molecular weight is 517 g/mol. The average Bonchev–Trinajstić information content (AvgIpc) is 2.26. The zero-order valence-electron chi connectivity index (χ0n) is 23.7. The van der Waals surface area contributed by atoms with Gasteiger partial charge < -0.3 is 0 Å². The Labute approximate surface area is 194 Å². The summed E-state index contributed by atoms with van der Waals surface area (Å²) in [5.74, 6) is 0. The maximum Gasteiger partial charge on any atom is 0.127 e. The quantitative estimate of drug-likeness (QED) is 0.310. The zero-order valence-corrected chi connectivity index (χ0v) is 30.7. The molecule has 0 aliphatic heterocycles. The molecule has 0 N–H and O–H groups in total. The van der Waals surface area contributed by atoms with Crippen LogP contribution in [0.1, 0.15) is 20.8 Å². The maximum absolute atomic E-state index is 4.41. The molecule has 0 aromatic carbocycles. The van der Waals surface area contributed by atoms with E-state index in [0.29, 0.717) is 5.04 Å². The van der Waals surface area contributed by atoms with E-state index in [4.69, 9.17) is 0 Å². The molecule has 0 fully saturated rings. The fraction of sp³-hybridized carbons (Fsp3) is 0.955. The van der Waals surface area contributed by atoms with E-state index in [9.17, 15) is 0 Å². The lowest BCUT2D eigenvalue weighted by atomic mass is 10.2. The molecule has 0 aliphatic carbocycles. The lowest BCUT2D eigenvalue weighted by molar-refractivity contribution is 0.731. The van der Waals surface area contributed by atoms with E-state index in [1.54, 1.807) is 0 Å². The van der Waals surface area contributed by atoms with Crippen molar-refractivity contribution in [3.63, 3.8) is 0 Å². The third kappa shape index (κ3) is 7.69. The first-order valence-corrected chi connectivity index (χ1v) is 33.7. The summed E-state index contributed by atoms with van der Waals surface area (Å²) in [6.45, 7) is 48.0. The summed E-state index contributed by atoms with van der Waals surface area (Å²) in [6, 6.07) is 0. The Morgan fingerprint density at radius 3 is 0.931 bits per heavy atom. The van der Waals surface area contributed by atoms with Crippen LogP contribution in [0.15, 0.2) is 0 Å². The summed E-state index contributed by atoms with van der Waals surface area (Å²) in [5.41, 5.74) is 0. The summed E-state index contributed by atoms with van der Waals surface area (Å²) in [7, 11) is -7.06. The van der Waals surface area contributed by atoms with Crippen molar-refractivity contribution in [3.8, 4) is 5.12 Å². The normalized spacial score (nSPS) is 15.6. The van der Waals surface area contributed by atoms with Crippen molar-refractivity contribution in [2.45, 2.75) is 134 Å².